The molecule has 3 rings (SSSR count). The smallest absolute Gasteiger partial charge is 0.341 e. The quantitative estimate of drug-likeness (QED) is 0.814. The van der Waals surface area contributed by atoms with E-state index in [4.69, 9.17) is 11.6 Å². The van der Waals surface area contributed by atoms with Gasteiger partial charge in [-0.05, 0) is 44.1 Å². The van der Waals surface area contributed by atoms with Gasteiger partial charge in [-0.25, -0.2) is 0 Å². The summed E-state index contributed by atoms with van der Waals surface area (Å²) in [5, 5.41) is 2.41. The summed E-state index contributed by atoms with van der Waals surface area (Å²) in [5.41, 5.74) is -0.933. The maximum Gasteiger partial charge on any atom is 0.417 e. The molecule has 0 radical (unpaired) electrons. The molecule has 0 bridgehead atoms. The maximum atomic E-state index is 13.1. The van der Waals surface area contributed by atoms with Gasteiger partial charge in [0.15, 0.2) is 0 Å². The Morgan fingerprint density at radius 1 is 1.15 bits per heavy atom. The van der Waals surface area contributed by atoms with E-state index in [2.05, 4.69) is 10.2 Å². The molecule has 1 aliphatic rings. The number of hydrogen-bond donors (Lipinski definition) is 1. The molecule has 1 amide bonds. The van der Waals surface area contributed by atoms with Gasteiger partial charge in [0.25, 0.3) is 5.91 Å². The lowest BCUT2D eigenvalue weighted by atomic mass is 9.82. The van der Waals surface area contributed by atoms with Crippen molar-refractivity contribution in [1.82, 2.24) is 10.2 Å². The molecule has 3 nitrogen and oxygen atoms in total. The third-order valence-corrected chi connectivity index (χ3v) is 5.32. The minimum Gasteiger partial charge on any atom is -0.341 e. The number of carbonyl (C=O) groups excluding carboxylic acids is 1. The molecule has 1 atom stereocenters. The van der Waals surface area contributed by atoms with E-state index < -0.39 is 28.2 Å². The first-order valence-electron chi connectivity index (χ1n) is 8.65. The van der Waals surface area contributed by atoms with E-state index in [0.717, 1.165) is 24.6 Å². The molecule has 0 saturated carbocycles. The van der Waals surface area contributed by atoms with Crippen LogP contribution in [0.2, 0.25) is 5.02 Å². The zero-order valence-electron chi connectivity index (χ0n) is 14.8. The molecule has 2 aromatic rings. The van der Waals surface area contributed by atoms with Crippen molar-refractivity contribution < 1.29 is 18.0 Å². The van der Waals surface area contributed by atoms with Crippen LogP contribution in [0.15, 0.2) is 48.5 Å². The first-order valence-corrected chi connectivity index (χ1v) is 9.03. The van der Waals surface area contributed by atoms with Crippen LogP contribution >= 0.6 is 11.6 Å². The Hall–Kier alpha value is -2.05. The van der Waals surface area contributed by atoms with E-state index in [-0.39, 0.29) is 5.56 Å². The molecule has 27 heavy (non-hydrogen) atoms. The number of likely N-dealkylation sites (N-methyl/N-ethyl adjacent to an activating group) is 1. The number of likely N-dealkylation sites (tertiary alicyclic amines) is 1. The molecule has 1 aliphatic heterocycles. The molecule has 1 fully saturated rings. The molecule has 0 aliphatic carbocycles. The summed E-state index contributed by atoms with van der Waals surface area (Å²) < 4.78 is 39.4. The molecule has 1 N–H and O–H groups in total. The molecular formula is C20H20ClF3N2O. The van der Waals surface area contributed by atoms with Crippen LogP contribution in [-0.4, -0.2) is 30.9 Å². The van der Waals surface area contributed by atoms with Crippen LogP contribution in [0.3, 0.4) is 0 Å². The van der Waals surface area contributed by atoms with E-state index in [0.29, 0.717) is 13.0 Å². The molecule has 1 saturated heterocycles. The van der Waals surface area contributed by atoms with Gasteiger partial charge < -0.3 is 10.2 Å². The Morgan fingerprint density at radius 3 is 2.48 bits per heavy atom. The standard InChI is InChI=1S/C20H20ClF3N2O/c1-26-12-6-11-19(13-26,14-7-3-2-4-8-14)25-18(27)15-9-5-10-16(17(15)21)20(22,23)24/h2-5,7-10H,6,11-13H2,1H3,(H,25,27). The fourth-order valence-electron chi connectivity index (χ4n) is 3.65. The van der Waals surface area contributed by atoms with Crippen molar-refractivity contribution in [2.75, 3.05) is 20.1 Å². The van der Waals surface area contributed by atoms with Crippen molar-refractivity contribution in [2.24, 2.45) is 0 Å². The Labute approximate surface area is 161 Å². The molecular weight excluding hydrogens is 377 g/mol. The molecule has 0 spiro atoms. The van der Waals surface area contributed by atoms with Crippen molar-refractivity contribution in [1.29, 1.82) is 0 Å². The zero-order chi connectivity index (χ0) is 19.7. The van der Waals surface area contributed by atoms with Crippen LogP contribution < -0.4 is 5.32 Å². The fraction of sp³-hybridized carbons (Fsp3) is 0.350. The van der Waals surface area contributed by atoms with E-state index in [1.165, 1.54) is 12.1 Å². The third-order valence-electron chi connectivity index (χ3n) is 4.91. The Morgan fingerprint density at radius 2 is 1.85 bits per heavy atom. The Kier molecular flexibility index (Phi) is 5.49. The number of benzene rings is 2. The number of rotatable bonds is 3. The Balaban J connectivity index is 1.97. The minimum atomic E-state index is -4.62. The summed E-state index contributed by atoms with van der Waals surface area (Å²) in [6.07, 6.45) is -3.05. The SMILES string of the molecule is CN1CCCC(NC(=O)c2cccc(C(F)(F)F)c2Cl)(c2ccccc2)C1. The van der Waals surface area contributed by atoms with Gasteiger partial charge in [0.2, 0.25) is 0 Å². The second kappa shape index (κ2) is 7.52. The van der Waals surface area contributed by atoms with Crippen molar-refractivity contribution in [3.8, 4) is 0 Å². The number of piperidine rings is 1. The lowest BCUT2D eigenvalue weighted by Crippen LogP contribution is -2.55. The highest BCUT2D eigenvalue weighted by atomic mass is 35.5. The van der Waals surface area contributed by atoms with Crippen LogP contribution in [0.5, 0.6) is 0 Å². The predicted molar refractivity (Wildman–Crippen MR) is 98.8 cm³/mol. The highest BCUT2D eigenvalue weighted by Gasteiger charge is 2.39. The second-order valence-electron chi connectivity index (χ2n) is 6.91. The Bertz CT molecular complexity index is 826. The lowest BCUT2D eigenvalue weighted by molar-refractivity contribution is -0.137. The van der Waals surface area contributed by atoms with E-state index in [1.54, 1.807) is 0 Å². The van der Waals surface area contributed by atoms with Crippen molar-refractivity contribution in [2.45, 2.75) is 24.6 Å². The van der Waals surface area contributed by atoms with Gasteiger partial charge in [-0.2, -0.15) is 13.2 Å². The first-order chi connectivity index (χ1) is 12.7. The largest absolute Gasteiger partial charge is 0.417 e. The van der Waals surface area contributed by atoms with E-state index in [1.807, 2.05) is 37.4 Å². The van der Waals surface area contributed by atoms with Crippen LogP contribution in [0.25, 0.3) is 0 Å². The maximum absolute atomic E-state index is 13.1. The third kappa shape index (κ3) is 4.12. The van der Waals surface area contributed by atoms with Gasteiger partial charge in [0.05, 0.1) is 21.7 Å². The topological polar surface area (TPSA) is 32.3 Å². The highest BCUT2D eigenvalue weighted by Crippen LogP contribution is 2.37. The summed E-state index contributed by atoms with van der Waals surface area (Å²) in [7, 11) is 1.96. The van der Waals surface area contributed by atoms with Gasteiger partial charge in [0, 0.05) is 6.54 Å². The van der Waals surface area contributed by atoms with Gasteiger partial charge in [-0.1, -0.05) is 48.0 Å². The zero-order valence-corrected chi connectivity index (χ0v) is 15.6. The molecule has 2 aromatic carbocycles. The molecule has 1 unspecified atom stereocenters. The van der Waals surface area contributed by atoms with Crippen LogP contribution in [0, 0.1) is 0 Å². The van der Waals surface area contributed by atoms with Crippen molar-refractivity contribution in [3.05, 3.63) is 70.2 Å². The number of halogens is 4. The summed E-state index contributed by atoms with van der Waals surface area (Å²) in [5.74, 6) is -0.606. The van der Waals surface area contributed by atoms with Crippen LogP contribution in [0.4, 0.5) is 13.2 Å². The molecule has 0 aromatic heterocycles. The fourth-order valence-corrected chi connectivity index (χ4v) is 3.97. The number of hydrogen-bond acceptors (Lipinski definition) is 2. The number of nitrogens with one attached hydrogen (secondary N) is 1. The van der Waals surface area contributed by atoms with Gasteiger partial charge in [-0.15, -0.1) is 0 Å². The molecule has 144 valence electrons. The highest BCUT2D eigenvalue weighted by molar-refractivity contribution is 6.34. The van der Waals surface area contributed by atoms with Crippen molar-refractivity contribution in [3.63, 3.8) is 0 Å². The number of alkyl halides is 3. The normalized spacial score (nSPS) is 21.1. The summed E-state index contributed by atoms with van der Waals surface area (Å²) in [6.45, 7) is 1.47. The average Bonchev–Trinajstić information content (AvgIpc) is 2.61. The number of amides is 1. The van der Waals surface area contributed by atoms with Crippen molar-refractivity contribution >= 4 is 17.5 Å². The van der Waals surface area contributed by atoms with Crippen LogP contribution in [0.1, 0.15) is 34.3 Å². The summed E-state index contributed by atoms with van der Waals surface area (Å²) in [4.78, 5) is 15.0. The first kappa shape index (κ1) is 19.7. The molecule has 7 heteroatoms. The number of carbonyl (C=O) groups is 1. The summed E-state index contributed by atoms with van der Waals surface area (Å²) in [6, 6.07) is 12.9. The van der Waals surface area contributed by atoms with E-state index in [9.17, 15) is 18.0 Å². The molecule has 1 heterocycles. The average molecular weight is 397 g/mol. The summed E-state index contributed by atoms with van der Waals surface area (Å²) >= 11 is 5.93. The van der Waals surface area contributed by atoms with Gasteiger partial charge in [-0.3, -0.25) is 4.79 Å². The lowest BCUT2D eigenvalue weighted by Gasteiger charge is -2.42. The van der Waals surface area contributed by atoms with Gasteiger partial charge >= 0.3 is 6.18 Å². The number of nitrogens with zero attached hydrogens (tertiary/aromatic N) is 1. The van der Waals surface area contributed by atoms with E-state index >= 15 is 0 Å². The van der Waals surface area contributed by atoms with Gasteiger partial charge in [0.1, 0.15) is 0 Å². The monoisotopic (exact) mass is 396 g/mol. The second-order valence-corrected chi connectivity index (χ2v) is 7.29. The minimum absolute atomic E-state index is 0.171. The predicted octanol–water partition coefficient (Wildman–Crippen LogP) is 4.71. The van der Waals surface area contributed by atoms with Crippen LogP contribution in [-0.2, 0) is 11.7 Å².